The van der Waals surface area contributed by atoms with E-state index >= 15 is 0 Å². The van der Waals surface area contributed by atoms with Gasteiger partial charge in [0.15, 0.2) is 0 Å². The Bertz CT molecular complexity index is 355. The van der Waals surface area contributed by atoms with Gasteiger partial charge < -0.3 is 4.90 Å². The molecule has 0 aromatic heterocycles. The van der Waals surface area contributed by atoms with Gasteiger partial charge in [0.2, 0.25) is 0 Å². The maximum Gasteiger partial charge on any atom is 0.267 e. The number of anilines is 1. The molecule has 1 aromatic carbocycles. The van der Waals surface area contributed by atoms with Crippen molar-refractivity contribution in [3.05, 3.63) is 35.9 Å². The number of nitrogens with one attached hydrogen (secondary N) is 1. The number of hydrogen-bond donors (Lipinski definition) is 2. The number of hydroxylamine groups is 1. The molecular weight excluding hydrogens is 192 g/mol. The van der Waals surface area contributed by atoms with Crippen LogP contribution in [0.3, 0.4) is 0 Å². The molecule has 2 N–H and O–H groups in total. The molecule has 80 valence electrons. The minimum Gasteiger partial charge on any atom is -0.378 e. The Morgan fingerprint density at radius 2 is 1.93 bits per heavy atom. The highest BCUT2D eigenvalue weighted by Crippen LogP contribution is 2.12. The zero-order valence-corrected chi connectivity index (χ0v) is 8.77. The van der Waals surface area contributed by atoms with Crippen LogP contribution in [0.1, 0.15) is 5.56 Å². The lowest BCUT2D eigenvalue weighted by Gasteiger charge is -2.11. The van der Waals surface area contributed by atoms with Crippen molar-refractivity contribution in [1.82, 2.24) is 5.48 Å². The molecule has 0 heterocycles. The minimum atomic E-state index is -0.535. The Morgan fingerprint density at radius 3 is 2.40 bits per heavy atom. The summed E-state index contributed by atoms with van der Waals surface area (Å²) in [4.78, 5) is 12.7. The number of benzene rings is 1. The highest BCUT2D eigenvalue weighted by molar-refractivity contribution is 5.90. The van der Waals surface area contributed by atoms with E-state index < -0.39 is 5.91 Å². The highest BCUT2D eigenvalue weighted by Gasteiger charge is 1.94. The molecule has 0 atom stereocenters. The van der Waals surface area contributed by atoms with Crippen LogP contribution in [0, 0.1) is 0 Å². The normalized spacial score (nSPS) is 10.3. The number of carbonyl (C=O) groups is 1. The first kappa shape index (κ1) is 11.3. The molecule has 1 aromatic rings. The van der Waals surface area contributed by atoms with Gasteiger partial charge in [-0.1, -0.05) is 12.1 Å². The zero-order valence-electron chi connectivity index (χ0n) is 8.77. The summed E-state index contributed by atoms with van der Waals surface area (Å²) < 4.78 is 0. The van der Waals surface area contributed by atoms with Gasteiger partial charge >= 0.3 is 0 Å². The van der Waals surface area contributed by atoms with Gasteiger partial charge in [-0.25, -0.2) is 5.48 Å². The average Bonchev–Trinajstić information content (AvgIpc) is 2.26. The summed E-state index contributed by atoms with van der Waals surface area (Å²) in [5, 5.41) is 8.27. The topological polar surface area (TPSA) is 52.6 Å². The van der Waals surface area contributed by atoms with E-state index in [1.807, 2.05) is 43.3 Å². The highest BCUT2D eigenvalue weighted by atomic mass is 16.5. The molecule has 0 radical (unpaired) electrons. The third kappa shape index (κ3) is 3.44. The van der Waals surface area contributed by atoms with Gasteiger partial charge in [-0.15, -0.1) is 0 Å². The van der Waals surface area contributed by atoms with Gasteiger partial charge in [0, 0.05) is 25.9 Å². The van der Waals surface area contributed by atoms with E-state index in [1.54, 1.807) is 6.08 Å². The van der Waals surface area contributed by atoms with E-state index in [1.165, 1.54) is 11.6 Å². The molecule has 1 amide bonds. The van der Waals surface area contributed by atoms with Crippen molar-refractivity contribution in [2.45, 2.75) is 0 Å². The minimum absolute atomic E-state index is 0.535. The van der Waals surface area contributed by atoms with Crippen LogP contribution in [0.5, 0.6) is 0 Å². The molecule has 4 nitrogen and oxygen atoms in total. The average molecular weight is 206 g/mol. The van der Waals surface area contributed by atoms with Crippen LogP contribution in [0.4, 0.5) is 5.69 Å². The third-order valence-electron chi connectivity index (χ3n) is 1.95. The molecule has 0 saturated carbocycles. The summed E-state index contributed by atoms with van der Waals surface area (Å²) in [7, 11) is 3.92. The first-order valence-corrected chi connectivity index (χ1v) is 4.53. The Kier molecular flexibility index (Phi) is 3.88. The van der Waals surface area contributed by atoms with Crippen LogP contribution in [0.2, 0.25) is 0 Å². The second kappa shape index (κ2) is 5.17. The van der Waals surface area contributed by atoms with Gasteiger partial charge in [0.25, 0.3) is 5.91 Å². The van der Waals surface area contributed by atoms with Crippen LogP contribution in [-0.4, -0.2) is 25.2 Å². The molecular formula is C11H14N2O2. The fourth-order valence-electron chi connectivity index (χ4n) is 1.09. The predicted molar refractivity (Wildman–Crippen MR) is 59.7 cm³/mol. The summed E-state index contributed by atoms with van der Waals surface area (Å²) in [5.74, 6) is -0.535. The van der Waals surface area contributed by atoms with Gasteiger partial charge in [-0.2, -0.15) is 0 Å². The van der Waals surface area contributed by atoms with Crippen molar-refractivity contribution in [1.29, 1.82) is 0 Å². The summed E-state index contributed by atoms with van der Waals surface area (Å²) >= 11 is 0. The summed E-state index contributed by atoms with van der Waals surface area (Å²) in [6.07, 6.45) is 2.90. The van der Waals surface area contributed by atoms with Crippen LogP contribution in [-0.2, 0) is 4.79 Å². The van der Waals surface area contributed by atoms with Crippen LogP contribution < -0.4 is 10.4 Å². The van der Waals surface area contributed by atoms with E-state index in [2.05, 4.69) is 0 Å². The summed E-state index contributed by atoms with van der Waals surface area (Å²) in [5.41, 5.74) is 3.53. The van der Waals surface area contributed by atoms with Crippen molar-refractivity contribution in [3.8, 4) is 0 Å². The monoisotopic (exact) mass is 206 g/mol. The van der Waals surface area contributed by atoms with Crippen molar-refractivity contribution in [3.63, 3.8) is 0 Å². The number of rotatable bonds is 3. The quantitative estimate of drug-likeness (QED) is 0.445. The van der Waals surface area contributed by atoms with E-state index in [9.17, 15) is 4.79 Å². The van der Waals surface area contributed by atoms with Crippen molar-refractivity contribution < 1.29 is 10.0 Å². The maximum atomic E-state index is 10.7. The first-order chi connectivity index (χ1) is 7.13. The van der Waals surface area contributed by atoms with E-state index in [-0.39, 0.29) is 0 Å². The predicted octanol–water partition coefficient (Wildman–Crippen LogP) is 1.27. The molecule has 1 rings (SSSR count). The molecule has 0 aliphatic rings. The van der Waals surface area contributed by atoms with E-state index in [0.29, 0.717) is 0 Å². The molecule has 4 heteroatoms. The Balaban J connectivity index is 2.72. The summed E-state index contributed by atoms with van der Waals surface area (Å²) in [6.45, 7) is 0. The molecule has 15 heavy (non-hydrogen) atoms. The van der Waals surface area contributed by atoms with Gasteiger partial charge in [-0.3, -0.25) is 10.0 Å². The zero-order chi connectivity index (χ0) is 11.3. The molecule has 0 fully saturated rings. The molecule has 0 saturated heterocycles. The fourth-order valence-corrected chi connectivity index (χ4v) is 1.09. The molecule has 0 bridgehead atoms. The Hall–Kier alpha value is -1.81. The van der Waals surface area contributed by atoms with Crippen LogP contribution in [0.15, 0.2) is 30.3 Å². The van der Waals surface area contributed by atoms with Crippen LogP contribution in [0.25, 0.3) is 6.08 Å². The molecule has 0 aliphatic heterocycles. The second-order valence-electron chi connectivity index (χ2n) is 3.30. The second-order valence-corrected chi connectivity index (χ2v) is 3.30. The fraction of sp³-hybridized carbons (Fsp3) is 0.182. The van der Waals surface area contributed by atoms with Gasteiger partial charge in [0.05, 0.1) is 0 Å². The molecule has 0 unspecified atom stereocenters. The lowest BCUT2D eigenvalue weighted by molar-refractivity contribution is -0.124. The largest absolute Gasteiger partial charge is 0.378 e. The summed E-state index contributed by atoms with van der Waals surface area (Å²) in [6, 6.07) is 7.71. The van der Waals surface area contributed by atoms with E-state index in [0.717, 1.165) is 11.3 Å². The standard InChI is InChI=1S/C11H14N2O2/c1-13(2)10-6-3-9(4-7-10)5-8-11(14)12-15/h3-8,15H,1-2H3,(H,12,14). The van der Waals surface area contributed by atoms with Crippen molar-refractivity contribution >= 4 is 17.7 Å². The van der Waals surface area contributed by atoms with Gasteiger partial charge in [-0.05, 0) is 23.8 Å². The smallest absolute Gasteiger partial charge is 0.267 e. The number of carbonyl (C=O) groups excluding carboxylic acids is 1. The van der Waals surface area contributed by atoms with E-state index in [4.69, 9.17) is 5.21 Å². The first-order valence-electron chi connectivity index (χ1n) is 4.53. The van der Waals surface area contributed by atoms with Crippen molar-refractivity contribution in [2.24, 2.45) is 0 Å². The van der Waals surface area contributed by atoms with Crippen molar-refractivity contribution in [2.75, 3.05) is 19.0 Å². The number of amides is 1. The van der Waals surface area contributed by atoms with Crippen LogP contribution >= 0.6 is 0 Å². The molecule has 0 spiro atoms. The Morgan fingerprint density at radius 1 is 1.33 bits per heavy atom. The molecule has 0 aliphatic carbocycles. The SMILES string of the molecule is CN(C)c1ccc(C=CC(=O)NO)cc1. The maximum absolute atomic E-state index is 10.7. The lowest BCUT2D eigenvalue weighted by Crippen LogP contribution is -2.14. The third-order valence-corrected chi connectivity index (χ3v) is 1.95. The lowest BCUT2D eigenvalue weighted by atomic mass is 10.2. The number of hydrogen-bond acceptors (Lipinski definition) is 3. The number of nitrogens with zero attached hydrogens (tertiary/aromatic N) is 1. The Labute approximate surface area is 88.8 Å². The van der Waals surface area contributed by atoms with Gasteiger partial charge in [0.1, 0.15) is 0 Å².